The Hall–Kier alpha value is -1.20. The van der Waals surface area contributed by atoms with E-state index in [1.165, 1.54) is 47.2 Å². The van der Waals surface area contributed by atoms with Crippen molar-refractivity contribution in [1.82, 2.24) is 19.7 Å². The molecule has 21 heavy (non-hydrogen) atoms. The molecule has 4 rings (SSSR count). The van der Waals surface area contributed by atoms with Crippen molar-refractivity contribution >= 4 is 11.3 Å². The van der Waals surface area contributed by atoms with Crippen LogP contribution >= 0.6 is 11.3 Å². The van der Waals surface area contributed by atoms with Crippen molar-refractivity contribution in [2.24, 2.45) is 0 Å². The van der Waals surface area contributed by atoms with Crippen LogP contribution in [-0.4, -0.2) is 32.8 Å². The lowest BCUT2D eigenvalue weighted by molar-refractivity contribution is 0.196. The quantitative estimate of drug-likeness (QED) is 0.874. The summed E-state index contributed by atoms with van der Waals surface area (Å²) in [6, 6.07) is 4.51. The Bertz CT molecular complexity index is 630. The van der Waals surface area contributed by atoms with Crippen LogP contribution in [0.5, 0.6) is 0 Å². The molecule has 0 amide bonds. The van der Waals surface area contributed by atoms with Crippen LogP contribution in [0.1, 0.15) is 46.6 Å². The first-order valence-electron chi connectivity index (χ1n) is 7.99. The van der Waals surface area contributed by atoms with Gasteiger partial charge >= 0.3 is 0 Å². The average Bonchev–Trinajstić information content (AvgIpc) is 3.16. The summed E-state index contributed by atoms with van der Waals surface area (Å²) < 4.78 is 2.38. The number of likely N-dealkylation sites (tertiary alicyclic amines) is 1. The minimum Gasteiger partial charge on any atom is -0.315 e. The molecule has 1 fully saturated rings. The van der Waals surface area contributed by atoms with Crippen molar-refractivity contribution in [3.8, 4) is 0 Å². The van der Waals surface area contributed by atoms with Gasteiger partial charge in [-0.1, -0.05) is 0 Å². The molecule has 0 aliphatic carbocycles. The molecular weight excluding hydrogens is 280 g/mol. The van der Waals surface area contributed by atoms with Crippen LogP contribution in [0.25, 0.3) is 0 Å². The van der Waals surface area contributed by atoms with Crippen LogP contribution in [-0.2, 0) is 19.5 Å². The van der Waals surface area contributed by atoms with E-state index in [0.717, 1.165) is 26.1 Å². The highest BCUT2D eigenvalue weighted by molar-refractivity contribution is 7.11. The first kappa shape index (κ1) is 13.5. The molecule has 112 valence electrons. The zero-order valence-electron chi connectivity index (χ0n) is 12.6. The minimum atomic E-state index is 0.569. The zero-order chi connectivity index (χ0) is 14.2. The van der Waals surface area contributed by atoms with Gasteiger partial charge in [-0.2, -0.15) is 0 Å². The summed E-state index contributed by atoms with van der Waals surface area (Å²) in [7, 11) is 0. The number of aromatic nitrogens is 3. The summed E-state index contributed by atoms with van der Waals surface area (Å²) in [5.74, 6) is 3.02. The third kappa shape index (κ3) is 2.64. The summed E-state index contributed by atoms with van der Waals surface area (Å²) in [5, 5.41) is 8.88. The van der Waals surface area contributed by atoms with E-state index in [1.807, 2.05) is 11.3 Å². The predicted octanol–water partition coefficient (Wildman–Crippen LogP) is 2.97. The highest BCUT2D eigenvalue weighted by atomic mass is 32.1. The molecule has 1 atom stereocenters. The van der Waals surface area contributed by atoms with Gasteiger partial charge in [-0.05, 0) is 44.9 Å². The molecule has 0 N–H and O–H groups in total. The monoisotopic (exact) mass is 302 g/mol. The van der Waals surface area contributed by atoms with Crippen molar-refractivity contribution in [2.75, 3.05) is 13.1 Å². The van der Waals surface area contributed by atoms with Gasteiger partial charge < -0.3 is 4.57 Å². The van der Waals surface area contributed by atoms with Gasteiger partial charge in [0.25, 0.3) is 0 Å². The largest absolute Gasteiger partial charge is 0.315 e. The fourth-order valence-corrected chi connectivity index (χ4v) is 4.61. The van der Waals surface area contributed by atoms with Crippen molar-refractivity contribution in [1.29, 1.82) is 0 Å². The van der Waals surface area contributed by atoms with Crippen LogP contribution < -0.4 is 0 Å². The smallest absolute Gasteiger partial charge is 0.137 e. The van der Waals surface area contributed by atoms with Gasteiger partial charge in [0.15, 0.2) is 0 Å². The maximum absolute atomic E-state index is 4.50. The second-order valence-corrected chi connectivity index (χ2v) is 7.69. The molecule has 1 saturated heterocycles. The lowest BCUT2D eigenvalue weighted by Gasteiger charge is -2.31. The van der Waals surface area contributed by atoms with Gasteiger partial charge in [0.2, 0.25) is 0 Å². The summed E-state index contributed by atoms with van der Waals surface area (Å²) in [6.45, 7) is 6.75. The van der Waals surface area contributed by atoms with E-state index < -0.39 is 0 Å². The highest BCUT2D eigenvalue weighted by Gasteiger charge is 2.28. The van der Waals surface area contributed by atoms with Crippen LogP contribution in [0.15, 0.2) is 12.1 Å². The van der Waals surface area contributed by atoms with Crippen molar-refractivity contribution < 1.29 is 0 Å². The zero-order valence-corrected chi connectivity index (χ0v) is 13.4. The molecule has 2 aliphatic rings. The van der Waals surface area contributed by atoms with Crippen molar-refractivity contribution in [3.63, 3.8) is 0 Å². The van der Waals surface area contributed by atoms with Crippen molar-refractivity contribution in [2.45, 2.75) is 51.6 Å². The third-order valence-electron chi connectivity index (χ3n) is 4.68. The summed E-state index contributed by atoms with van der Waals surface area (Å²) >= 11 is 1.93. The molecule has 0 aromatic carbocycles. The molecule has 2 aliphatic heterocycles. The topological polar surface area (TPSA) is 34.0 Å². The van der Waals surface area contributed by atoms with E-state index in [-0.39, 0.29) is 0 Å². The molecule has 1 unspecified atom stereocenters. The number of hydrogen-bond donors (Lipinski definition) is 0. The Morgan fingerprint density at radius 1 is 1.24 bits per heavy atom. The number of thiophene rings is 1. The predicted molar refractivity (Wildman–Crippen MR) is 84.7 cm³/mol. The molecule has 0 saturated carbocycles. The van der Waals surface area contributed by atoms with E-state index in [2.05, 4.69) is 38.7 Å². The maximum Gasteiger partial charge on any atom is 0.137 e. The van der Waals surface area contributed by atoms with Gasteiger partial charge in [-0.25, -0.2) is 0 Å². The Morgan fingerprint density at radius 2 is 2.19 bits per heavy atom. The molecule has 4 heterocycles. The molecule has 2 aromatic rings. The normalized spacial score (nSPS) is 22.6. The van der Waals surface area contributed by atoms with Crippen LogP contribution in [0.3, 0.4) is 0 Å². The molecule has 0 spiro atoms. The van der Waals surface area contributed by atoms with E-state index >= 15 is 0 Å². The average molecular weight is 302 g/mol. The Kier molecular flexibility index (Phi) is 3.55. The van der Waals surface area contributed by atoms with Gasteiger partial charge in [-0.3, -0.25) is 4.90 Å². The maximum atomic E-state index is 4.50. The molecule has 4 nitrogen and oxygen atoms in total. The van der Waals surface area contributed by atoms with Gasteiger partial charge in [-0.15, -0.1) is 21.5 Å². The minimum absolute atomic E-state index is 0.569. The number of piperidine rings is 1. The number of rotatable bonds is 3. The van der Waals surface area contributed by atoms with Crippen molar-refractivity contribution in [3.05, 3.63) is 33.5 Å². The second kappa shape index (κ2) is 5.54. The Morgan fingerprint density at radius 3 is 3.05 bits per heavy atom. The summed E-state index contributed by atoms with van der Waals surface area (Å²) in [6.07, 6.45) is 4.88. The van der Waals surface area contributed by atoms with Gasteiger partial charge in [0.05, 0.1) is 0 Å². The SMILES string of the molecule is Cc1ccc(CN2CCCC(c3nnc4n3CCC4)C2)s1. The fourth-order valence-electron chi connectivity index (χ4n) is 3.68. The van der Waals surface area contributed by atoms with E-state index in [1.54, 1.807) is 0 Å². The van der Waals surface area contributed by atoms with Crippen LogP contribution in [0, 0.1) is 6.92 Å². The Labute approximate surface area is 129 Å². The molecule has 0 bridgehead atoms. The van der Waals surface area contributed by atoms with E-state index in [4.69, 9.17) is 0 Å². The first-order valence-corrected chi connectivity index (χ1v) is 8.81. The first-order chi connectivity index (χ1) is 10.3. The summed E-state index contributed by atoms with van der Waals surface area (Å²) in [4.78, 5) is 5.49. The fraction of sp³-hybridized carbons (Fsp3) is 0.625. The molecular formula is C16H22N4S. The number of nitrogens with zero attached hydrogens (tertiary/aromatic N) is 4. The van der Waals surface area contributed by atoms with Crippen LogP contribution in [0.4, 0.5) is 0 Å². The molecule has 5 heteroatoms. The highest BCUT2D eigenvalue weighted by Crippen LogP contribution is 2.29. The molecule has 0 radical (unpaired) electrons. The van der Waals surface area contributed by atoms with Gasteiger partial charge in [0, 0.05) is 41.7 Å². The standard InChI is InChI=1S/C16H22N4S/c1-12-6-7-14(21-12)11-19-8-2-4-13(10-19)16-18-17-15-5-3-9-20(15)16/h6-7,13H,2-5,8-11H2,1H3. The Balaban J connectivity index is 1.47. The second-order valence-electron chi connectivity index (χ2n) is 6.32. The third-order valence-corrected chi connectivity index (χ3v) is 5.67. The number of fused-ring (bicyclic) bond motifs is 1. The summed E-state index contributed by atoms with van der Waals surface area (Å²) in [5.41, 5.74) is 0. The van der Waals surface area contributed by atoms with E-state index in [9.17, 15) is 0 Å². The van der Waals surface area contributed by atoms with Gasteiger partial charge in [0.1, 0.15) is 11.6 Å². The number of hydrogen-bond acceptors (Lipinski definition) is 4. The van der Waals surface area contributed by atoms with Crippen LogP contribution in [0.2, 0.25) is 0 Å². The molecule has 2 aromatic heterocycles. The van der Waals surface area contributed by atoms with E-state index in [0.29, 0.717) is 5.92 Å². The lowest BCUT2D eigenvalue weighted by atomic mass is 9.97. The number of aryl methyl sites for hydroxylation is 2. The lowest BCUT2D eigenvalue weighted by Crippen LogP contribution is -2.34.